The van der Waals surface area contributed by atoms with Gasteiger partial charge in [-0.3, -0.25) is 4.79 Å². The molecular formula is C15H14F2N2O2. The van der Waals surface area contributed by atoms with Crippen molar-refractivity contribution in [3.63, 3.8) is 0 Å². The molecule has 0 bridgehead atoms. The number of carbonyl (C=O) groups excluding carboxylic acids is 1. The van der Waals surface area contributed by atoms with Gasteiger partial charge in [-0.2, -0.15) is 0 Å². The van der Waals surface area contributed by atoms with Crippen molar-refractivity contribution in [3.05, 3.63) is 53.2 Å². The molecule has 1 amide bonds. The van der Waals surface area contributed by atoms with Crippen LogP contribution in [0.1, 0.15) is 28.5 Å². The van der Waals surface area contributed by atoms with Gasteiger partial charge in [0.1, 0.15) is 11.4 Å². The summed E-state index contributed by atoms with van der Waals surface area (Å²) in [4.78, 5) is 15.1. The summed E-state index contributed by atoms with van der Waals surface area (Å²) in [6, 6.07) is 9.50. The lowest BCUT2D eigenvalue weighted by Crippen LogP contribution is -2.21. The number of aromatic nitrogens is 1. The molecule has 0 aliphatic heterocycles. The van der Waals surface area contributed by atoms with E-state index in [0.717, 1.165) is 11.6 Å². The Morgan fingerprint density at radius 1 is 1.29 bits per heavy atom. The molecule has 0 spiro atoms. The van der Waals surface area contributed by atoms with Gasteiger partial charge in [-0.25, -0.2) is 13.8 Å². The Morgan fingerprint density at radius 2 is 2.00 bits per heavy atom. The van der Waals surface area contributed by atoms with Crippen LogP contribution in [0.3, 0.4) is 0 Å². The third kappa shape index (κ3) is 3.53. The minimum absolute atomic E-state index is 0.0300. The average Bonchev–Trinajstić information content (AvgIpc) is 2.37. The molecule has 0 atom stereocenters. The molecule has 1 aromatic carbocycles. The van der Waals surface area contributed by atoms with Crippen LogP contribution in [0.5, 0.6) is 11.6 Å². The smallest absolute Gasteiger partial charge is 0.272 e. The highest BCUT2D eigenvalue weighted by molar-refractivity contribution is 5.92. The minimum atomic E-state index is -3.21. The molecule has 1 aromatic heterocycles. The van der Waals surface area contributed by atoms with Gasteiger partial charge in [0.05, 0.1) is 5.56 Å². The van der Waals surface area contributed by atoms with E-state index >= 15 is 0 Å². The molecule has 21 heavy (non-hydrogen) atoms. The number of aryl methyl sites for hydroxylation is 1. The van der Waals surface area contributed by atoms with Crippen LogP contribution in [0.4, 0.5) is 8.78 Å². The van der Waals surface area contributed by atoms with E-state index in [0.29, 0.717) is 12.7 Å². The van der Waals surface area contributed by atoms with Crippen LogP contribution in [0.2, 0.25) is 0 Å². The summed E-state index contributed by atoms with van der Waals surface area (Å²) in [5.74, 6) is -3.71. The van der Waals surface area contributed by atoms with Gasteiger partial charge in [0.25, 0.3) is 11.8 Å². The number of ether oxygens (including phenoxy) is 1. The normalized spacial score (nSPS) is 11.2. The minimum Gasteiger partial charge on any atom is -0.439 e. The van der Waals surface area contributed by atoms with Gasteiger partial charge < -0.3 is 10.5 Å². The Morgan fingerprint density at radius 3 is 2.57 bits per heavy atom. The SMILES string of the molecule is Cc1cccc(Oc2ccc(C(C)(F)F)c(C(N)=O)n2)c1. The van der Waals surface area contributed by atoms with E-state index in [2.05, 4.69) is 4.98 Å². The molecule has 4 nitrogen and oxygen atoms in total. The van der Waals surface area contributed by atoms with Gasteiger partial charge in [-0.1, -0.05) is 12.1 Å². The fraction of sp³-hybridized carbons (Fsp3) is 0.200. The second-order valence-corrected chi connectivity index (χ2v) is 4.72. The molecular weight excluding hydrogens is 278 g/mol. The first-order valence-electron chi connectivity index (χ1n) is 6.21. The highest BCUT2D eigenvalue weighted by Gasteiger charge is 2.30. The molecule has 6 heteroatoms. The Hall–Kier alpha value is -2.50. The summed E-state index contributed by atoms with van der Waals surface area (Å²) in [6.45, 7) is 2.56. The third-order valence-electron chi connectivity index (χ3n) is 2.79. The molecule has 0 aliphatic rings. The predicted molar refractivity (Wildman–Crippen MR) is 73.6 cm³/mol. The summed E-state index contributed by atoms with van der Waals surface area (Å²) in [5.41, 5.74) is 5.06. The van der Waals surface area contributed by atoms with Crippen molar-refractivity contribution in [2.24, 2.45) is 5.73 Å². The van der Waals surface area contributed by atoms with Crippen molar-refractivity contribution in [1.29, 1.82) is 0 Å². The first-order valence-corrected chi connectivity index (χ1v) is 6.21. The number of nitrogens with zero attached hydrogens (tertiary/aromatic N) is 1. The molecule has 110 valence electrons. The first kappa shape index (κ1) is 14.9. The maximum absolute atomic E-state index is 13.4. The zero-order chi connectivity index (χ0) is 15.6. The fourth-order valence-electron chi connectivity index (χ4n) is 1.84. The monoisotopic (exact) mass is 292 g/mol. The van der Waals surface area contributed by atoms with E-state index in [1.807, 2.05) is 13.0 Å². The number of hydrogen-bond acceptors (Lipinski definition) is 3. The lowest BCUT2D eigenvalue weighted by atomic mass is 10.1. The third-order valence-corrected chi connectivity index (χ3v) is 2.79. The van der Waals surface area contributed by atoms with Crippen LogP contribution >= 0.6 is 0 Å². The number of hydrogen-bond donors (Lipinski definition) is 1. The lowest BCUT2D eigenvalue weighted by Gasteiger charge is -2.14. The average molecular weight is 292 g/mol. The number of benzene rings is 1. The van der Waals surface area contributed by atoms with E-state index in [4.69, 9.17) is 10.5 Å². The summed E-state index contributed by atoms with van der Waals surface area (Å²) >= 11 is 0. The molecule has 0 radical (unpaired) electrons. The van der Waals surface area contributed by atoms with Crippen LogP contribution in [0.15, 0.2) is 36.4 Å². The molecule has 2 rings (SSSR count). The quantitative estimate of drug-likeness (QED) is 0.939. The molecule has 0 unspecified atom stereocenters. The fourth-order valence-corrected chi connectivity index (χ4v) is 1.84. The van der Waals surface area contributed by atoms with Crippen molar-refractivity contribution in [3.8, 4) is 11.6 Å². The lowest BCUT2D eigenvalue weighted by molar-refractivity contribution is 0.0159. The number of pyridine rings is 1. The van der Waals surface area contributed by atoms with Crippen LogP contribution in [-0.2, 0) is 5.92 Å². The maximum atomic E-state index is 13.4. The highest BCUT2D eigenvalue weighted by Crippen LogP contribution is 2.31. The first-order chi connectivity index (χ1) is 9.77. The van der Waals surface area contributed by atoms with E-state index in [1.165, 1.54) is 6.07 Å². The number of primary amides is 1. The summed E-state index contributed by atoms with van der Waals surface area (Å²) in [6.07, 6.45) is 0. The van der Waals surface area contributed by atoms with E-state index in [1.54, 1.807) is 18.2 Å². The van der Waals surface area contributed by atoms with Gasteiger partial charge in [0.15, 0.2) is 0 Å². The van der Waals surface area contributed by atoms with Crippen LogP contribution in [0.25, 0.3) is 0 Å². The summed E-state index contributed by atoms with van der Waals surface area (Å²) in [5, 5.41) is 0. The zero-order valence-electron chi connectivity index (χ0n) is 11.6. The molecule has 0 saturated heterocycles. The predicted octanol–water partition coefficient (Wildman–Crippen LogP) is 3.39. The van der Waals surface area contributed by atoms with Crippen molar-refractivity contribution in [2.75, 3.05) is 0 Å². The number of nitrogens with two attached hydrogens (primary N) is 1. The molecule has 2 N–H and O–H groups in total. The van der Waals surface area contributed by atoms with Gasteiger partial charge >= 0.3 is 0 Å². The number of rotatable bonds is 4. The Bertz CT molecular complexity index is 682. The number of amides is 1. The second-order valence-electron chi connectivity index (χ2n) is 4.72. The Labute approximate surface area is 120 Å². The van der Waals surface area contributed by atoms with Crippen molar-refractivity contribution in [2.45, 2.75) is 19.8 Å². The topological polar surface area (TPSA) is 65.2 Å². The van der Waals surface area contributed by atoms with Crippen LogP contribution < -0.4 is 10.5 Å². The van der Waals surface area contributed by atoms with E-state index in [9.17, 15) is 13.6 Å². The van der Waals surface area contributed by atoms with Gasteiger partial charge in [0, 0.05) is 13.0 Å². The van der Waals surface area contributed by atoms with E-state index in [-0.39, 0.29) is 5.88 Å². The van der Waals surface area contributed by atoms with Gasteiger partial charge in [0.2, 0.25) is 5.88 Å². The van der Waals surface area contributed by atoms with E-state index < -0.39 is 23.1 Å². The molecule has 0 fully saturated rings. The summed E-state index contributed by atoms with van der Waals surface area (Å²) in [7, 11) is 0. The number of halogens is 2. The van der Waals surface area contributed by atoms with Crippen LogP contribution in [-0.4, -0.2) is 10.9 Å². The molecule has 0 aliphatic carbocycles. The Balaban J connectivity index is 2.39. The van der Waals surface area contributed by atoms with Crippen molar-refractivity contribution >= 4 is 5.91 Å². The molecule has 2 aromatic rings. The van der Waals surface area contributed by atoms with Crippen molar-refractivity contribution < 1.29 is 18.3 Å². The number of carbonyl (C=O) groups is 1. The Kier molecular flexibility index (Phi) is 3.88. The summed E-state index contributed by atoms with van der Waals surface area (Å²) < 4.78 is 32.3. The van der Waals surface area contributed by atoms with Gasteiger partial charge in [-0.15, -0.1) is 0 Å². The number of alkyl halides is 2. The van der Waals surface area contributed by atoms with Crippen LogP contribution in [0, 0.1) is 6.92 Å². The van der Waals surface area contributed by atoms with Gasteiger partial charge in [-0.05, 0) is 30.7 Å². The van der Waals surface area contributed by atoms with Crippen molar-refractivity contribution in [1.82, 2.24) is 4.98 Å². The zero-order valence-corrected chi connectivity index (χ0v) is 11.6. The molecule has 1 heterocycles. The highest BCUT2D eigenvalue weighted by atomic mass is 19.3. The molecule has 0 saturated carbocycles. The standard InChI is InChI=1S/C15H14F2N2O2/c1-9-4-3-5-10(8-9)21-12-7-6-11(15(2,16)17)13(19-12)14(18)20/h3-8H,1-2H3,(H2,18,20). The largest absolute Gasteiger partial charge is 0.439 e. The second kappa shape index (κ2) is 5.47. The maximum Gasteiger partial charge on any atom is 0.272 e.